The second kappa shape index (κ2) is 7.75. The van der Waals surface area contributed by atoms with E-state index in [-0.39, 0.29) is 5.75 Å². The highest BCUT2D eigenvalue weighted by Crippen LogP contribution is 2.42. The van der Waals surface area contributed by atoms with Gasteiger partial charge in [-0.3, -0.25) is 0 Å². The predicted molar refractivity (Wildman–Crippen MR) is 104 cm³/mol. The van der Waals surface area contributed by atoms with Crippen LogP contribution in [0.4, 0.5) is 0 Å². The summed E-state index contributed by atoms with van der Waals surface area (Å²) < 4.78 is 12.3. The highest BCUT2D eigenvalue weighted by atomic mass is 79.9. The minimum Gasteiger partial charge on any atom is -0.508 e. The SMILES string of the molecule is Oc1ccc(Oc2cc(Cl)c(Br)cc2Oc2ccc(Cl)cc2Cl)cc1. The van der Waals surface area contributed by atoms with Crippen molar-refractivity contribution in [2.75, 3.05) is 0 Å². The van der Waals surface area contributed by atoms with Gasteiger partial charge in [0.1, 0.15) is 17.2 Å². The van der Waals surface area contributed by atoms with Crippen LogP contribution in [0.15, 0.2) is 59.1 Å². The van der Waals surface area contributed by atoms with Gasteiger partial charge in [-0.05, 0) is 58.4 Å². The van der Waals surface area contributed by atoms with Crippen LogP contribution in [0.3, 0.4) is 0 Å². The van der Waals surface area contributed by atoms with E-state index in [1.54, 1.807) is 42.5 Å². The first-order valence-corrected chi connectivity index (χ1v) is 8.94. The largest absolute Gasteiger partial charge is 0.508 e. The van der Waals surface area contributed by atoms with Crippen molar-refractivity contribution in [1.29, 1.82) is 0 Å². The van der Waals surface area contributed by atoms with Gasteiger partial charge in [-0.15, -0.1) is 0 Å². The van der Waals surface area contributed by atoms with Crippen LogP contribution in [-0.4, -0.2) is 5.11 Å². The Hall–Kier alpha value is -1.59. The van der Waals surface area contributed by atoms with Crippen molar-refractivity contribution < 1.29 is 14.6 Å². The van der Waals surface area contributed by atoms with Gasteiger partial charge in [-0.25, -0.2) is 0 Å². The lowest BCUT2D eigenvalue weighted by molar-refractivity contribution is 0.417. The molecule has 3 rings (SSSR count). The molecule has 25 heavy (non-hydrogen) atoms. The fraction of sp³-hybridized carbons (Fsp3) is 0. The number of phenols is 1. The van der Waals surface area contributed by atoms with E-state index in [9.17, 15) is 5.11 Å². The van der Waals surface area contributed by atoms with Crippen LogP contribution in [0.1, 0.15) is 0 Å². The maximum absolute atomic E-state index is 9.37. The van der Waals surface area contributed by atoms with E-state index in [4.69, 9.17) is 44.3 Å². The smallest absolute Gasteiger partial charge is 0.171 e. The standard InChI is InChI=1S/C18H10BrCl3O3/c19-13-8-17(25-16-6-1-10(20)7-15(16)22)18(9-14(13)21)24-12-4-2-11(23)3-5-12/h1-9,23H. The zero-order chi connectivity index (χ0) is 18.0. The van der Waals surface area contributed by atoms with E-state index in [2.05, 4.69) is 15.9 Å². The molecule has 0 aromatic heterocycles. The summed E-state index contributed by atoms with van der Waals surface area (Å²) in [5.74, 6) is 1.89. The van der Waals surface area contributed by atoms with Crippen LogP contribution in [0.2, 0.25) is 15.1 Å². The van der Waals surface area contributed by atoms with Crippen molar-refractivity contribution in [3.63, 3.8) is 0 Å². The van der Waals surface area contributed by atoms with Crippen LogP contribution in [-0.2, 0) is 0 Å². The van der Waals surface area contributed by atoms with Crippen molar-refractivity contribution >= 4 is 50.7 Å². The molecule has 0 aliphatic carbocycles. The molecule has 3 aromatic rings. The number of aromatic hydroxyl groups is 1. The number of hydrogen-bond donors (Lipinski definition) is 1. The number of ether oxygens (including phenoxy) is 2. The summed E-state index contributed by atoms with van der Waals surface area (Å²) in [5, 5.41) is 10.7. The maximum Gasteiger partial charge on any atom is 0.171 e. The van der Waals surface area contributed by atoms with Crippen LogP contribution >= 0.6 is 50.7 Å². The highest BCUT2D eigenvalue weighted by Gasteiger charge is 2.14. The van der Waals surface area contributed by atoms with E-state index in [0.717, 1.165) is 0 Å². The molecule has 3 nitrogen and oxygen atoms in total. The monoisotopic (exact) mass is 458 g/mol. The molecule has 1 N–H and O–H groups in total. The van der Waals surface area contributed by atoms with E-state index in [0.29, 0.717) is 42.5 Å². The van der Waals surface area contributed by atoms with Gasteiger partial charge in [0, 0.05) is 21.6 Å². The lowest BCUT2D eigenvalue weighted by atomic mass is 10.3. The second-order valence-electron chi connectivity index (χ2n) is 4.99. The van der Waals surface area contributed by atoms with Crippen molar-refractivity contribution in [3.8, 4) is 28.7 Å². The third-order valence-electron chi connectivity index (χ3n) is 3.17. The topological polar surface area (TPSA) is 38.7 Å². The molecule has 3 aromatic carbocycles. The first-order valence-electron chi connectivity index (χ1n) is 7.01. The summed E-state index contributed by atoms with van der Waals surface area (Å²) in [6.07, 6.45) is 0. The van der Waals surface area contributed by atoms with Gasteiger partial charge in [0.15, 0.2) is 11.5 Å². The summed E-state index contributed by atoms with van der Waals surface area (Å²) in [4.78, 5) is 0. The Bertz CT molecular complexity index is 914. The quantitative estimate of drug-likeness (QED) is 0.434. The minimum absolute atomic E-state index is 0.144. The normalized spacial score (nSPS) is 10.6. The van der Waals surface area contributed by atoms with Gasteiger partial charge in [-0.2, -0.15) is 0 Å². The Kier molecular flexibility index (Phi) is 5.64. The summed E-state index contributed by atoms with van der Waals surface area (Å²) in [5.41, 5.74) is 0. The molecule has 0 heterocycles. The van der Waals surface area contributed by atoms with Gasteiger partial charge in [-0.1, -0.05) is 34.8 Å². The van der Waals surface area contributed by atoms with Crippen molar-refractivity contribution in [2.45, 2.75) is 0 Å². The molecule has 0 saturated heterocycles. The first-order chi connectivity index (χ1) is 11.9. The molecular formula is C18H10BrCl3O3. The van der Waals surface area contributed by atoms with E-state index < -0.39 is 0 Å². The van der Waals surface area contributed by atoms with Crippen molar-refractivity contribution in [3.05, 3.63) is 74.1 Å². The van der Waals surface area contributed by atoms with Gasteiger partial charge in [0.05, 0.1) is 10.0 Å². The number of halogens is 4. The third-order valence-corrected chi connectivity index (χ3v) is 4.89. The van der Waals surface area contributed by atoms with Gasteiger partial charge in [0.2, 0.25) is 0 Å². The van der Waals surface area contributed by atoms with Crippen LogP contribution in [0, 0.1) is 0 Å². The molecule has 0 aliphatic heterocycles. The molecule has 0 fully saturated rings. The zero-order valence-electron chi connectivity index (χ0n) is 12.5. The molecule has 128 valence electrons. The lowest BCUT2D eigenvalue weighted by Crippen LogP contribution is -1.92. The molecule has 7 heteroatoms. The molecule has 0 unspecified atom stereocenters. The molecule has 0 atom stereocenters. The van der Waals surface area contributed by atoms with Crippen LogP contribution < -0.4 is 9.47 Å². The van der Waals surface area contributed by atoms with E-state index in [1.807, 2.05) is 0 Å². The zero-order valence-corrected chi connectivity index (χ0v) is 16.3. The minimum atomic E-state index is 0.144. The third kappa shape index (κ3) is 4.53. The fourth-order valence-corrected chi connectivity index (χ4v) is 2.91. The van der Waals surface area contributed by atoms with Crippen LogP contribution in [0.25, 0.3) is 0 Å². The maximum atomic E-state index is 9.37. The summed E-state index contributed by atoms with van der Waals surface area (Å²) in [6.45, 7) is 0. The Morgan fingerprint density at radius 3 is 2.08 bits per heavy atom. The Labute approximate surface area is 167 Å². The number of rotatable bonds is 4. The number of hydrogen-bond acceptors (Lipinski definition) is 3. The number of benzene rings is 3. The van der Waals surface area contributed by atoms with Gasteiger partial charge >= 0.3 is 0 Å². The average Bonchev–Trinajstić information content (AvgIpc) is 2.56. The van der Waals surface area contributed by atoms with E-state index >= 15 is 0 Å². The van der Waals surface area contributed by atoms with E-state index in [1.165, 1.54) is 12.1 Å². The van der Waals surface area contributed by atoms with Crippen molar-refractivity contribution in [1.82, 2.24) is 0 Å². The summed E-state index contributed by atoms with van der Waals surface area (Å²) >= 11 is 21.6. The average molecular weight is 461 g/mol. The van der Waals surface area contributed by atoms with Gasteiger partial charge < -0.3 is 14.6 Å². The fourth-order valence-electron chi connectivity index (χ4n) is 1.99. The van der Waals surface area contributed by atoms with Gasteiger partial charge in [0.25, 0.3) is 0 Å². The summed E-state index contributed by atoms with van der Waals surface area (Å²) in [6, 6.07) is 14.5. The lowest BCUT2D eigenvalue weighted by Gasteiger charge is -2.14. The van der Waals surface area contributed by atoms with Crippen molar-refractivity contribution in [2.24, 2.45) is 0 Å². The second-order valence-corrected chi connectivity index (χ2v) is 7.09. The molecule has 0 aliphatic rings. The molecular weight excluding hydrogens is 450 g/mol. The summed E-state index contributed by atoms with van der Waals surface area (Å²) in [7, 11) is 0. The predicted octanol–water partition coefficient (Wildman–Crippen LogP) is 7.70. The molecule has 0 saturated carbocycles. The first kappa shape index (κ1) is 18.2. The molecule has 0 bridgehead atoms. The number of phenolic OH excluding ortho intramolecular Hbond substituents is 1. The molecule has 0 spiro atoms. The highest BCUT2D eigenvalue weighted by molar-refractivity contribution is 9.10. The van der Waals surface area contributed by atoms with Crippen LogP contribution in [0.5, 0.6) is 28.7 Å². The Morgan fingerprint density at radius 2 is 1.40 bits per heavy atom. The molecule has 0 amide bonds. The Balaban J connectivity index is 1.97. The molecule has 0 radical (unpaired) electrons. The Morgan fingerprint density at radius 1 is 0.720 bits per heavy atom.